The SMILES string of the molecule is CCCCC(=O)N(Cc1cc(-c2ccc3ncnc(NC4CC4)c3c2)ccc1Cl)C1CC1. The standard InChI is InChI=1S/C26H29ClN4O/c1-2-3-4-25(32)31(21-9-10-21)15-19-13-17(5-11-23(19)27)18-6-12-24-22(14-18)26(29-16-28-24)30-20-7-8-20/h5-6,11-14,16,20-21H,2-4,7-10,15H2,1H3,(H,28,29,30). The Balaban J connectivity index is 1.44. The summed E-state index contributed by atoms with van der Waals surface area (Å²) < 4.78 is 0. The lowest BCUT2D eigenvalue weighted by Crippen LogP contribution is -2.32. The molecule has 6 heteroatoms. The lowest BCUT2D eigenvalue weighted by Gasteiger charge is -2.23. The average Bonchev–Trinajstić information content (AvgIpc) is 3.72. The molecular weight excluding hydrogens is 420 g/mol. The van der Waals surface area contributed by atoms with E-state index < -0.39 is 0 Å². The Hall–Kier alpha value is -2.66. The van der Waals surface area contributed by atoms with Crippen LogP contribution in [0.25, 0.3) is 22.0 Å². The number of unbranched alkanes of at least 4 members (excludes halogenated alkanes) is 1. The van der Waals surface area contributed by atoms with Gasteiger partial charge in [-0.25, -0.2) is 9.97 Å². The third-order valence-corrected chi connectivity index (χ3v) is 6.69. The molecule has 0 aliphatic heterocycles. The normalized spacial score (nSPS) is 15.7. The molecule has 0 radical (unpaired) electrons. The summed E-state index contributed by atoms with van der Waals surface area (Å²) in [6, 6.07) is 13.3. The zero-order chi connectivity index (χ0) is 22.1. The lowest BCUT2D eigenvalue weighted by molar-refractivity contribution is -0.132. The zero-order valence-corrected chi connectivity index (χ0v) is 19.2. The van der Waals surface area contributed by atoms with Gasteiger partial charge in [0, 0.05) is 35.5 Å². The highest BCUT2D eigenvalue weighted by Crippen LogP contribution is 2.34. The number of amides is 1. The van der Waals surface area contributed by atoms with Crippen LogP contribution in [0.1, 0.15) is 57.4 Å². The number of nitrogens with zero attached hydrogens (tertiary/aromatic N) is 3. The van der Waals surface area contributed by atoms with Crippen molar-refractivity contribution in [2.24, 2.45) is 0 Å². The first-order valence-corrected chi connectivity index (χ1v) is 12.1. The summed E-state index contributed by atoms with van der Waals surface area (Å²) in [7, 11) is 0. The van der Waals surface area contributed by atoms with Crippen molar-refractivity contribution in [1.29, 1.82) is 0 Å². The lowest BCUT2D eigenvalue weighted by atomic mass is 10.0. The molecule has 2 fully saturated rings. The molecule has 0 spiro atoms. The van der Waals surface area contributed by atoms with Gasteiger partial charge in [-0.1, -0.05) is 37.1 Å². The van der Waals surface area contributed by atoms with E-state index in [4.69, 9.17) is 11.6 Å². The number of carbonyl (C=O) groups is 1. The second kappa shape index (κ2) is 9.07. The summed E-state index contributed by atoms with van der Waals surface area (Å²) in [4.78, 5) is 23.7. The molecule has 0 bridgehead atoms. The number of hydrogen-bond acceptors (Lipinski definition) is 4. The highest BCUT2D eigenvalue weighted by molar-refractivity contribution is 6.31. The van der Waals surface area contributed by atoms with Crippen LogP contribution in [0.5, 0.6) is 0 Å². The van der Waals surface area contributed by atoms with Gasteiger partial charge in [-0.2, -0.15) is 0 Å². The fourth-order valence-electron chi connectivity index (χ4n) is 4.11. The average molecular weight is 449 g/mol. The first-order chi connectivity index (χ1) is 15.6. The maximum atomic E-state index is 12.8. The van der Waals surface area contributed by atoms with Gasteiger partial charge in [-0.15, -0.1) is 0 Å². The second-order valence-corrected chi connectivity index (χ2v) is 9.44. The van der Waals surface area contributed by atoms with Gasteiger partial charge in [-0.05, 0) is 73.1 Å². The van der Waals surface area contributed by atoms with Gasteiger partial charge in [0.25, 0.3) is 0 Å². The van der Waals surface area contributed by atoms with E-state index in [1.54, 1.807) is 6.33 Å². The number of hydrogen-bond donors (Lipinski definition) is 1. The number of halogens is 1. The predicted molar refractivity (Wildman–Crippen MR) is 130 cm³/mol. The van der Waals surface area contributed by atoms with Crippen molar-refractivity contribution < 1.29 is 4.79 Å². The van der Waals surface area contributed by atoms with Gasteiger partial charge in [0.2, 0.25) is 5.91 Å². The molecule has 1 N–H and O–H groups in total. The Morgan fingerprint density at radius 2 is 1.88 bits per heavy atom. The zero-order valence-electron chi connectivity index (χ0n) is 18.5. The molecule has 0 unspecified atom stereocenters. The Kier molecular flexibility index (Phi) is 6.01. The van der Waals surface area contributed by atoms with Crippen LogP contribution < -0.4 is 5.32 Å². The van der Waals surface area contributed by atoms with Gasteiger partial charge in [0.1, 0.15) is 12.1 Å². The largest absolute Gasteiger partial charge is 0.367 e. The second-order valence-electron chi connectivity index (χ2n) is 9.04. The first-order valence-electron chi connectivity index (χ1n) is 11.7. The molecule has 0 saturated heterocycles. The number of rotatable bonds is 9. The molecule has 1 heterocycles. The summed E-state index contributed by atoms with van der Waals surface area (Å²) in [5, 5.41) is 5.26. The predicted octanol–water partition coefficient (Wildman–Crippen LogP) is 6.21. The van der Waals surface area contributed by atoms with Crippen LogP contribution in [0.3, 0.4) is 0 Å². The number of fused-ring (bicyclic) bond motifs is 1. The van der Waals surface area contributed by atoms with Crippen LogP contribution in [0, 0.1) is 0 Å². The maximum absolute atomic E-state index is 12.8. The highest BCUT2D eigenvalue weighted by Gasteiger charge is 2.32. The summed E-state index contributed by atoms with van der Waals surface area (Å²) in [6.07, 6.45) is 8.78. The van der Waals surface area contributed by atoms with Crippen LogP contribution in [0.2, 0.25) is 5.02 Å². The number of anilines is 1. The van der Waals surface area contributed by atoms with Gasteiger partial charge < -0.3 is 10.2 Å². The van der Waals surface area contributed by atoms with Gasteiger partial charge in [0.15, 0.2) is 0 Å². The van der Waals surface area contributed by atoms with Crippen LogP contribution >= 0.6 is 11.6 Å². The fraction of sp³-hybridized carbons (Fsp3) is 0.423. The van der Waals surface area contributed by atoms with Crippen LogP contribution in [0.4, 0.5) is 5.82 Å². The van der Waals surface area contributed by atoms with Crippen LogP contribution in [-0.2, 0) is 11.3 Å². The van der Waals surface area contributed by atoms with E-state index in [2.05, 4.69) is 40.4 Å². The minimum absolute atomic E-state index is 0.245. The van der Waals surface area contributed by atoms with Crippen LogP contribution in [-0.4, -0.2) is 32.9 Å². The van der Waals surface area contributed by atoms with Crippen molar-refractivity contribution in [1.82, 2.24) is 14.9 Å². The highest BCUT2D eigenvalue weighted by atomic mass is 35.5. The van der Waals surface area contributed by atoms with E-state index in [1.165, 1.54) is 12.8 Å². The first kappa shape index (κ1) is 21.2. The molecule has 1 amide bonds. The summed E-state index contributed by atoms with van der Waals surface area (Å²) in [5.41, 5.74) is 4.12. The Morgan fingerprint density at radius 3 is 2.62 bits per heavy atom. The van der Waals surface area contributed by atoms with Crippen molar-refractivity contribution in [3.8, 4) is 11.1 Å². The van der Waals surface area contributed by atoms with E-state index in [-0.39, 0.29) is 5.91 Å². The quantitative estimate of drug-likeness (QED) is 0.423. The van der Waals surface area contributed by atoms with Crippen molar-refractivity contribution in [3.63, 3.8) is 0 Å². The minimum atomic E-state index is 0.245. The number of aromatic nitrogens is 2. The molecule has 2 aromatic carbocycles. The molecule has 0 atom stereocenters. The Morgan fingerprint density at radius 1 is 1.09 bits per heavy atom. The van der Waals surface area contributed by atoms with Crippen molar-refractivity contribution in [2.75, 3.05) is 5.32 Å². The monoisotopic (exact) mass is 448 g/mol. The molecule has 32 heavy (non-hydrogen) atoms. The minimum Gasteiger partial charge on any atom is -0.367 e. The van der Waals surface area contributed by atoms with E-state index in [1.807, 2.05) is 23.1 Å². The van der Waals surface area contributed by atoms with Crippen LogP contribution in [0.15, 0.2) is 42.7 Å². The van der Waals surface area contributed by atoms with Gasteiger partial charge in [-0.3, -0.25) is 4.79 Å². The third-order valence-electron chi connectivity index (χ3n) is 6.33. The topological polar surface area (TPSA) is 58.1 Å². The molecule has 5 nitrogen and oxygen atoms in total. The molecule has 5 rings (SSSR count). The number of carbonyl (C=O) groups excluding carboxylic acids is 1. The molecule has 1 aromatic heterocycles. The Labute approximate surface area is 194 Å². The fourth-order valence-corrected chi connectivity index (χ4v) is 4.29. The summed E-state index contributed by atoms with van der Waals surface area (Å²) in [6.45, 7) is 2.69. The maximum Gasteiger partial charge on any atom is 0.223 e. The molecule has 2 aliphatic carbocycles. The van der Waals surface area contributed by atoms with E-state index in [9.17, 15) is 4.79 Å². The number of nitrogens with one attached hydrogen (secondary N) is 1. The molecule has 3 aromatic rings. The van der Waals surface area contributed by atoms with Crippen molar-refractivity contribution in [2.45, 2.75) is 70.5 Å². The Bertz CT molecular complexity index is 1140. The summed E-state index contributed by atoms with van der Waals surface area (Å²) >= 11 is 6.58. The molecule has 166 valence electrons. The van der Waals surface area contributed by atoms with Gasteiger partial charge in [0.05, 0.1) is 5.52 Å². The summed E-state index contributed by atoms with van der Waals surface area (Å²) in [5.74, 6) is 1.14. The van der Waals surface area contributed by atoms with E-state index >= 15 is 0 Å². The smallest absolute Gasteiger partial charge is 0.223 e. The van der Waals surface area contributed by atoms with Gasteiger partial charge >= 0.3 is 0 Å². The third kappa shape index (κ3) is 4.73. The molecule has 2 saturated carbocycles. The number of benzene rings is 2. The van der Waals surface area contributed by atoms with Crippen molar-refractivity contribution >= 4 is 34.2 Å². The molecule has 2 aliphatic rings. The molecular formula is C26H29ClN4O. The van der Waals surface area contributed by atoms with Crippen molar-refractivity contribution in [3.05, 3.63) is 53.3 Å². The van der Waals surface area contributed by atoms with E-state index in [0.29, 0.717) is 30.1 Å². The van der Waals surface area contributed by atoms with E-state index in [0.717, 1.165) is 59.1 Å².